The summed E-state index contributed by atoms with van der Waals surface area (Å²) in [6.45, 7) is 11.4. The Morgan fingerprint density at radius 2 is 2.14 bits per heavy atom. The zero-order chi connectivity index (χ0) is 15.7. The minimum absolute atomic E-state index is 0.272. The minimum Gasteiger partial charge on any atom is -0.444 e. The summed E-state index contributed by atoms with van der Waals surface area (Å²) in [5.41, 5.74) is 1.50. The van der Waals surface area contributed by atoms with Gasteiger partial charge < -0.3 is 15.0 Å². The van der Waals surface area contributed by atoms with Crippen molar-refractivity contribution in [1.29, 1.82) is 0 Å². The first-order valence-corrected chi connectivity index (χ1v) is 7.35. The molecule has 0 bridgehead atoms. The molecule has 1 amide bonds. The number of carbonyl (C=O) groups excluding carboxylic acids is 1. The molecular formula is C16H25N3O2. The molecule has 2 heterocycles. The molecule has 1 atom stereocenters. The number of amides is 1. The molecule has 0 radical (unpaired) electrons. The summed E-state index contributed by atoms with van der Waals surface area (Å²) in [6.07, 6.45) is 4.25. The van der Waals surface area contributed by atoms with Gasteiger partial charge in [-0.15, -0.1) is 0 Å². The number of hydrogen-bond donors (Lipinski definition) is 1. The SMILES string of the molecule is Cc1cncc(N2CCC(C)(NC(=O)OC(C)(C)C)C2)c1. The molecule has 21 heavy (non-hydrogen) atoms. The molecule has 1 aliphatic heterocycles. The number of pyridine rings is 1. The Balaban J connectivity index is 1.98. The van der Waals surface area contributed by atoms with Gasteiger partial charge in [-0.3, -0.25) is 4.98 Å². The van der Waals surface area contributed by atoms with Gasteiger partial charge in [0.25, 0.3) is 0 Å². The van der Waals surface area contributed by atoms with Gasteiger partial charge in [0.15, 0.2) is 0 Å². The molecule has 116 valence electrons. The molecule has 1 aromatic rings. The Bertz CT molecular complexity index is 524. The average molecular weight is 291 g/mol. The van der Waals surface area contributed by atoms with Crippen LogP contribution < -0.4 is 10.2 Å². The smallest absolute Gasteiger partial charge is 0.408 e. The van der Waals surface area contributed by atoms with Crippen LogP contribution in [-0.4, -0.2) is 35.3 Å². The predicted molar refractivity (Wildman–Crippen MR) is 83.6 cm³/mol. The van der Waals surface area contributed by atoms with Crippen LogP contribution in [0.2, 0.25) is 0 Å². The summed E-state index contributed by atoms with van der Waals surface area (Å²) in [7, 11) is 0. The van der Waals surface area contributed by atoms with E-state index in [1.807, 2.05) is 40.1 Å². The van der Waals surface area contributed by atoms with E-state index in [1.165, 1.54) is 0 Å². The van der Waals surface area contributed by atoms with Crippen LogP contribution in [0.25, 0.3) is 0 Å². The van der Waals surface area contributed by atoms with Gasteiger partial charge in [-0.25, -0.2) is 4.79 Å². The number of carbonyl (C=O) groups is 1. The van der Waals surface area contributed by atoms with Crippen LogP contribution >= 0.6 is 0 Å². The summed E-state index contributed by atoms with van der Waals surface area (Å²) < 4.78 is 5.34. The maximum Gasteiger partial charge on any atom is 0.408 e. The van der Waals surface area contributed by atoms with E-state index in [0.717, 1.165) is 30.8 Å². The van der Waals surface area contributed by atoms with Crippen LogP contribution in [-0.2, 0) is 4.74 Å². The van der Waals surface area contributed by atoms with Crippen molar-refractivity contribution < 1.29 is 9.53 Å². The number of aromatic nitrogens is 1. The number of rotatable bonds is 2. The lowest BCUT2D eigenvalue weighted by Gasteiger charge is -2.28. The standard InChI is InChI=1S/C16H25N3O2/c1-12-8-13(10-17-9-12)19-7-6-16(5,11-19)18-14(20)21-15(2,3)4/h8-10H,6-7,11H2,1-5H3,(H,18,20). The third-order valence-corrected chi connectivity index (χ3v) is 3.50. The van der Waals surface area contributed by atoms with Crippen LogP contribution in [0.5, 0.6) is 0 Å². The first-order chi connectivity index (χ1) is 9.67. The van der Waals surface area contributed by atoms with Gasteiger partial charge in [-0.1, -0.05) is 0 Å². The molecular weight excluding hydrogens is 266 g/mol. The van der Waals surface area contributed by atoms with Crippen molar-refractivity contribution >= 4 is 11.8 Å². The van der Waals surface area contributed by atoms with Crippen LogP contribution in [0, 0.1) is 6.92 Å². The van der Waals surface area contributed by atoms with E-state index in [2.05, 4.69) is 28.2 Å². The summed E-state index contributed by atoms with van der Waals surface area (Å²) in [6, 6.07) is 2.12. The van der Waals surface area contributed by atoms with Gasteiger partial charge in [0.1, 0.15) is 5.60 Å². The van der Waals surface area contributed by atoms with Gasteiger partial charge in [0, 0.05) is 19.3 Å². The number of aryl methyl sites for hydroxylation is 1. The average Bonchev–Trinajstić information content (AvgIpc) is 2.68. The molecule has 1 saturated heterocycles. The van der Waals surface area contributed by atoms with Crippen molar-refractivity contribution in [1.82, 2.24) is 10.3 Å². The summed E-state index contributed by atoms with van der Waals surface area (Å²) in [5.74, 6) is 0. The monoisotopic (exact) mass is 291 g/mol. The number of hydrogen-bond acceptors (Lipinski definition) is 4. The fourth-order valence-electron chi connectivity index (χ4n) is 2.55. The van der Waals surface area contributed by atoms with Crippen LogP contribution in [0.15, 0.2) is 18.5 Å². The third kappa shape index (κ3) is 4.34. The minimum atomic E-state index is -0.473. The maximum absolute atomic E-state index is 12.0. The van der Waals surface area contributed by atoms with Gasteiger partial charge in [0.2, 0.25) is 0 Å². The molecule has 0 aromatic carbocycles. The number of nitrogens with one attached hydrogen (secondary N) is 1. The lowest BCUT2D eigenvalue weighted by molar-refractivity contribution is 0.0473. The van der Waals surface area contributed by atoms with Crippen molar-refractivity contribution in [2.24, 2.45) is 0 Å². The molecule has 0 saturated carbocycles. The zero-order valence-corrected chi connectivity index (χ0v) is 13.6. The Kier molecular flexibility index (Phi) is 4.12. The molecule has 0 aliphatic carbocycles. The topological polar surface area (TPSA) is 54.5 Å². The van der Waals surface area contributed by atoms with Gasteiger partial charge in [-0.05, 0) is 52.7 Å². The van der Waals surface area contributed by atoms with E-state index in [9.17, 15) is 4.79 Å². The quantitative estimate of drug-likeness (QED) is 0.910. The predicted octanol–water partition coefficient (Wildman–Crippen LogP) is 2.88. The fraction of sp³-hybridized carbons (Fsp3) is 0.625. The highest BCUT2D eigenvalue weighted by atomic mass is 16.6. The Hall–Kier alpha value is -1.78. The largest absolute Gasteiger partial charge is 0.444 e. The van der Waals surface area contributed by atoms with Gasteiger partial charge >= 0.3 is 6.09 Å². The number of anilines is 1. The summed E-state index contributed by atoms with van der Waals surface area (Å²) in [5, 5.41) is 3.00. The molecule has 5 heteroatoms. The molecule has 5 nitrogen and oxygen atoms in total. The number of ether oxygens (including phenoxy) is 1. The normalized spacial score (nSPS) is 22.2. The fourth-order valence-corrected chi connectivity index (χ4v) is 2.55. The van der Waals surface area contributed by atoms with E-state index < -0.39 is 5.60 Å². The molecule has 1 fully saturated rings. The van der Waals surface area contributed by atoms with E-state index in [-0.39, 0.29) is 11.6 Å². The van der Waals surface area contributed by atoms with E-state index in [1.54, 1.807) is 0 Å². The molecule has 0 spiro atoms. The maximum atomic E-state index is 12.0. The van der Waals surface area contributed by atoms with Crippen LogP contribution in [0.4, 0.5) is 10.5 Å². The number of nitrogens with zero attached hydrogens (tertiary/aromatic N) is 2. The zero-order valence-electron chi connectivity index (χ0n) is 13.6. The van der Waals surface area contributed by atoms with Crippen molar-refractivity contribution in [3.05, 3.63) is 24.0 Å². The van der Waals surface area contributed by atoms with E-state index in [0.29, 0.717) is 0 Å². The molecule has 1 N–H and O–H groups in total. The highest BCUT2D eigenvalue weighted by Gasteiger charge is 2.36. The van der Waals surface area contributed by atoms with Gasteiger partial charge in [0.05, 0.1) is 17.4 Å². The second kappa shape index (κ2) is 5.54. The lowest BCUT2D eigenvalue weighted by Crippen LogP contribution is -2.49. The highest BCUT2D eigenvalue weighted by Crippen LogP contribution is 2.27. The Morgan fingerprint density at radius 1 is 1.43 bits per heavy atom. The molecule has 1 aromatic heterocycles. The van der Waals surface area contributed by atoms with E-state index in [4.69, 9.17) is 4.74 Å². The Morgan fingerprint density at radius 3 is 2.76 bits per heavy atom. The second-order valence-corrected chi connectivity index (χ2v) is 7.08. The first-order valence-electron chi connectivity index (χ1n) is 7.35. The highest BCUT2D eigenvalue weighted by molar-refractivity contribution is 5.69. The van der Waals surface area contributed by atoms with Gasteiger partial charge in [-0.2, -0.15) is 0 Å². The first kappa shape index (κ1) is 15.6. The molecule has 1 unspecified atom stereocenters. The van der Waals surface area contributed by atoms with Crippen LogP contribution in [0.3, 0.4) is 0 Å². The molecule has 2 rings (SSSR count). The number of alkyl carbamates (subject to hydrolysis) is 1. The third-order valence-electron chi connectivity index (χ3n) is 3.50. The summed E-state index contributed by atoms with van der Waals surface area (Å²) in [4.78, 5) is 18.4. The van der Waals surface area contributed by atoms with E-state index >= 15 is 0 Å². The lowest BCUT2D eigenvalue weighted by atomic mass is 10.0. The molecule has 1 aliphatic rings. The summed E-state index contributed by atoms with van der Waals surface area (Å²) >= 11 is 0. The Labute approximate surface area is 126 Å². The second-order valence-electron chi connectivity index (χ2n) is 7.08. The van der Waals surface area contributed by atoms with Crippen molar-refractivity contribution in [2.45, 2.75) is 52.2 Å². The van der Waals surface area contributed by atoms with Crippen molar-refractivity contribution in [3.8, 4) is 0 Å². The van der Waals surface area contributed by atoms with Crippen molar-refractivity contribution in [2.75, 3.05) is 18.0 Å². The van der Waals surface area contributed by atoms with Crippen LogP contribution in [0.1, 0.15) is 39.7 Å². The van der Waals surface area contributed by atoms with Crippen molar-refractivity contribution in [3.63, 3.8) is 0 Å².